The molecule has 1 heterocycles. The molecule has 0 radical (unpaired) electrons. The largest absolute Gasteiger partial charge is 0.493 e. The third-order valence-corrected chi connectivity index (χ3v) is 4.43. The van der Waals surface area contributed by atoms with E-state index in [0.29, 0.717) is 5.92 Å². The summed E-state index contributed by atoms with van der Waals surface area (Å²) >= 11 is 3.48. The van der Waals surface area contributed by atoms with Crippen LogP contribution < -0.4 is 4.74 Å². The number of nitrogens with zero attached hydrogens (tertiary/aromatic N) is 1. The lowest BCUT2D eigenvalue weighted by Crippen LogP contribution is -2.08. The minimum Gasteiger partial charge on any atom is -0.493 e. The molecule has 2 nitrogen and oxygen atoms in total. The monoisotopic (exact) mass is 277 g/mol. The first-order valence-electron chi connectivity index (χ1n) is 5.62. The van der Waals surface area contributed by atoms with Crippen LogP contribution in [0.4, 0.5) is 0 Å². The number of aryl methyl sites for hydroxylation is 1. The first kappa shape index (κ1) is 10.2. The average Bonchev–Trinajstić information content (AvgIpc) is 2.92. The van der Waals surface area contributed by atoms with E-state index in [-0.39, 0.29) is 4.83 Å². The van der Waals surface area contributed by atoms with Crippen molar-refractivity contribution in [2.45, 2.75) is 30.0 Å². The second kappa shape index (κ2) is 3.78. The molecule has 3 rings (SSSR count). The van der Waals surface area contributed by atoms with Gasteiger partial charge in [-0.1, -0.05) is 22.0 Å². The van der Waals surface area contributed by atoms with E-state index in [0.717, 1.165) is 31.6 Å². The number of halogens is 1. The number of rotatable bonds is 1. The van der Waals surface area contributed by atoms with Gasteiger partial charge in [-0.3, -0.25) is 0 Å². The lowest BCUT2D eigenvalue weighted by molar-refractivity contribution is 0.357. The molecular formula is C13H12BrNO. The topological polar surface area (TPSA) is 33.0 Å². The number of fused-ring (bicyclic) bond motifs is 3. The number of hydrogen-bond acceptors (Lipinski definition) is 2. The Bertz CT molecular complexity index is 478. The quantitative estimate of drug-likeness (QED) is 0.740. The first-order valence-corrected chi connectivity index (χ1v) is 6.54. The molecule has 2 atom stereocenters. The Morgan fingerprint density at radius 3 is 3.12 bits per heavy atom. The predicted octanol–water partition coefficient (Wildman–Crippen LogP) is 2.94. The zero-order chi connectivity index (χ0) is 11.1. The summed E-state index contributed by atoms with van der Waals surface area (Å²) in [7, 11) is 0. The normalized spacial score (nSPS) is 23.1. The molecule has 0 saturated heterocycles. The summed E-state index contributed by atoms with van der Waals surface area (Å²) in [5.74, 6) is 1.37. The zero-order valence-corrected chi connectivity index (χ0v) is 10.5. The molecule has 0 spiro atoms. The Hall–Kier alpha value is -1.01. The van der Waals surface area contributed by atoms with Crippen LogP contribution in [0.2, 0.25) is 0 Å². The predicted molar refractivity (Wildman–Crippen MR) is 65.0 cm³/mol. The van der Waals surface area contributed by atoms with Gasteiger partial charge in [0.05, 0.1) is 12.7 Å². The van der Waals surface area contributed by atoms with Crippen LogP contribution in [0.15, 0.2) is 12.1 Å². The van der Waals surface area contributed by atoms with Gasteiger partial charge in [0.25, 0.3) is 0 Å². The molecule has 0 aromatic heterocycles. The molecule has 82 valence electrons. The molecule has 0 N–H and O–H groups in total. The Labute approximate surface area is 103 Å². The summed E-state index contributed by atoms with van der Waals surface area (Å²) in [6.45, 7) is 0.790. The number of hydrogen-bond donors (Lipinski definition) is 0. The van der Waals surface area contributed by atoms with Gasteiger partial charge in [0.15, 0.2) is 0 Å². The van der Waals surface area contributed by atoms with Gasteiger partial charge < -0.3 is 4.74 Å². The molecular weight excluding hydrogens is 266 g/mol. The third-order valence-electron chi connectivity index (χ3n) is 3.59. The van der Waals surface area contributed by atoms with Gasteiger partial charge in [-0.05, 0) is 30.0 Å². The molecule has 0 amide bonds. The lowest BCUT2D eigenvalue weighted by atomic mass is 9.92. The fourth-order valence-corrected chi connectivity index (χ4v) is 3.40. The molecule has 1 aliphatic heterocycles. The van der Waals surface area contributed by atoms with Crippen molar-refractivity contribution < 1.29 is 4.74 Å². The molecule has 0 fully saturated rings. The summed E-state index contributed by atoms with van der Waals surface area (Å²) in [6, 6.07) is 6.56. The molecule has 0 saturated carbocycles. The van der Waals surface area contributed by atoms with Crippen molar-refractivity contribution in [3.63, 3.8) is 0 Å². The van der Waals surface area contributed by atoms with E-state index in [2.05, 4.69) is 34.1 Å². The van der Waals surface area contributed by atoms with E-state index in [1.165, 1.54) is 16.7 Å². The van der Waals surface area contributed by atoms with Crippen molar-refractivity contribution in [2.24, 2.45) is 0 Å². The molecule has 2 unspecified atom stereocenters. The molecule has 2 aliphatic rings. The average molecular weight is 278 g/mol. The Kier molecular flexibility index (Phi) is 2.40. The molecule has 16 heavy (non-hydrogen) atoms. The Morgan fingerprint density at radius 1 is 1.44 bits per heavy atom. The summed E-state index contributed by atoms with van der Waals surface area (Å²) in [6.07, 6.45) is 3.17. The van der Waals surface area contributed by atoms with Crippen molar-refractivity contribution in [1.29, 1.82) is 5.26 Å². The molecule has 1 aromatic rings. The summed E-state index contributed by atoms with van der Waals surface area (Å²) in [5, 5.41) is 9.04. The van der Waals surface area contributed by atoms with E-state index in [1.807, 2.05) is 0 Å². The maximum absolute atomic E-state index is 9.04. The van der Waals surface area contributed by atoms with Crippen LogP contribution in [0, 0.1) is 11.3 Å². The molecule has 1 aliphatic carbocycles. The van der Waals surface area contributed by atoms with Gasteiger partial charge in [0, 0.05) is 17.9 Å². The van der Waals surface area contributed by atoms with E-state index >= 15 is 0 Å². The first-order chi connectivity index (χ1) is 7.81. The van der Waals surface area contributed by atoms with Gasteiger partial charge >= 0.3 is 0 Å². The zero-order valence-electron chi connectivity index (χ0n) is 8.87. The van der Waals surface area contributed by atoms with Crippen molar-refractivity contribution in [3.8, 4) is 11.8 Å². The highest BCUT2D eigenvalue weighted by atomic mass is 79.9. The second-order valence-corrected chi connectivity index (χ2v) is 5.38. The van der Waals surface area contributed by atoms with E-state index in [1.54, 1.807) is 0 Å². The van der Waals surface area contributed by atoms with Crippen molar-refractivity contribution in [1.82, 2.24) is 0 Å². The van der Waals surface area contributed by atoms with Crippen LogP contribution in [0.25, 0.3) is 0 Å². The maximum atomic E-state index is 9.04. The van der Waals surface area contributed by atoms with Crippen LogP contribution in [-0.2, 0) is 12.8 Å². The summed E-state index contributed by atoms with van der Waals surface area (Å²) in [5.41, 5.74) is 4.15. The highest BCUT2D eigenvalue weighted by molar-refractivity contribution is 9.09. The van der Waals surface area contributed by atoms with Crippen LogP contribution in [0.1, 0.15) is 29.0 Å². The molecule has 1 aromatic carbocycles. The molecule has 0 bridgehead atoms. The van der Waals surface area contributed by atoms with Gasteiger partial charge in [-0.15, -0.1) is 0 Å². The van der Waals surface area contributed by atoms with Crippen molar-refractivity contribution >= 4 is 15.9 Å². The van der Waals surface area contributed by atoms with E-state index in [9.17, 15) is 0 Å². The van der Waals surface area contributed by atoms with Crippen LogP contribution in [0.3, 0.4) is 0 Å². The van der Waals surface area contributed by atoms with E-state index in [4.69, 9.17) is 10.00 Å². The van der Waals surface area contributed by atoms with Gasteiger partial charge in [0.2, 0.25) is 0 Å². The third kappa shape index (κ3) is 1.36. The van der Waals surface area contributed by atoms with Gasteiger partial charge in [-0.25, -0.2) is 0 Å². The second-order valence-electron chi connectivity index (χ2n) is 4.39. The summed E-state index contributed by atoms with van der Waals surface area (Å²) < 4.78 is 5.59. The SMILES string of the molecule is N#CC(Br)C1CCc2ccc3c(c21)CCO3. The summed E-state index contributed by atoms with van der Waals surface area (Å²) in [4.78, 5) is -0.0687. The number of alkyl halides is 1. The van der Waals surface area contributed by atoms with E-state index < -0.39 is 0 Å². The van der Waals surface area contributed by atoms with Gasteiger partial charge in [-0.2, -0.15) is 5.26 Å². The highest BCUT2D eigenvalue weighted by Crippen LogP contribution is 2.44. The van der Waals surface area contributed by atoms with Crippen LogP contribution in [0.5, 0.6) is 5.75 Å². The van der Waals surface area contributed by atoms with Crippen LogP contribution in [-0.4, -0.2) is 11.4 Å². The standard InChI is InChI=1S/C13H12BrNO/c14-11(7-15)9-3-1-8-2-4-12-10(13(8)9)5-6-16-12/h2,4,9,11H,1,3,5-6H2. The minimum absolute atomic E-state index is 0.0687. The maximum Gasteiger partial charge on any atom is 0.122 e. The Balaban J connectivity index is 2.11. The van der Waals surface area contributed by atoms with Crippen molar-refractivity contribution in [3.05, 3.63) is 28.8 Å². The fraction of sp³-hybridized carbons (Fsp3) is 0.462. The smallest absolute Gasteiger partial charge is 0.122 e. The minimum atomic E-state index is -0.0687. The number of benzene rings is 1. The Morgan fingerprint density at radius 2 is 2.31 bits per heavy atom. The highest BCUT2D eigenvalue weighted by Gasteiger charge is 2.33. The molecule has 3 heteroatoms. The van der Waals surface area contributed by atoms with Crippen molar-refractivity contribution in [2.75, 3.05) is 6.61 Å². The fourth-order valence-electron chi connectivity index (χ4n) is 2.87. The number of nitriles is 1. The van der Waals surface area contributed by atoms with Gasteiger partial charge in [0.1, 0.15) is 10.6 Å². The van der Waals surface area contributed by atoms with Crippen LogP contribution >= 0.6 is 15.9 Å². The number of ether oxygens (including phenoxy) is 1. The lowest BCUT2D eigenvalue weighted by Gasteiger charge is -2.15.